The van der Waals surface area contributed by atoms with Gasteiger partial charge in [0.25, 0.3) is 0 Å². The smallest absolute Gasteiger partial charge is 0.141 e. The van der Waals surface area contributed by atoms with Crippen molar-refractivity contribution >= 4 is 23.2 Å². The van der Waals surface area contributed by atoms with E-state index in [4.69, 9.17) is 23.2 Å². The highest BCUT2D eigenvalue weighted by atomic mass is 35.5. The van der Waals surface area contributed by atoms with E-state index in [2.05, 4.69) is 0 Å². The van der Waals surface area contributed by atoms with Crippen LogP contribution in [0.4, 0.5) is 4.39 Å². The van der Waals surface area contributed by atoms with Crippen LogP contribution in [0.3, 0.4) is 0 Å². The highest BCUT2D eigenvalue weighted by molar-refractivity contribution is 6.30. The number of hydrogen-bond donors (Lipinski definition) is 0. The van der Waals surface area contributed by atoms with Crippen molar-refractivity contribution in [3.8, 4) is 0 Å². The van der Waals surface area contributed by atoms with Crippen LogP contribution in [-0.4, -0.2) is 5.88 Å². The predicted octanol–water partition coefficient (Wildman–Crippen LogP) is 4.21. The van der Waals surface area contributed by atoms with Crippen LogP contribution in [0.15, 0.2) is 30.4 Å². The second-order valence-corrected chi connectivity index (χ2v) is 3.69. The standard InChI is InChI=1S/C11H11Cl2F/c12-7-3-1-2-4-9-5-6-11(14)10(13)8-9/h1-2,5-6,8H,3-4,7H2/b2-1+. The van der Waals surface area contributed by atoms with Gasteiger partial charge in [0.05, 0.1) is 5.02 Å². The van der Waals surface area contributed by atoms with Crippen molar-refractivity contribution < 1.29 is 4.39 Å². The molecule has 0 heterocycles. The van der Waals surface area contributed by atoms with Crippen LogP contribution < -0.4 is 0 Å². The molecule has 0 amide bonds. The molecule has 0 saturated heterocycles. The maximum Gasteiger partial charge on any atom is 0.141 e. The van der Waals surface area contributed by atoms with Gasteiger partial charge in [-0.3, -0.25) is 0 Å². The van der Waals surface area contributed by atoms with Crippen LogP contribution in [0.2, 0.25) is 5.02 Å². The van der Waals surface area contributed by atoms with Crippen LogP contribution >= 0.6 is 23.2 Å². The Bertz CT molecular complexity index is 321. The molecule has 0 unspecified atom stereocenters. The molecule has 0 fully saturated rings. The molecule has 0 spiro atoms. The van der Waals surface area contributed by atoms with Gasteiger partial charge in [-0.25, -0.2) is 4.39 Å². The number of alkyl halides is 1. The molecule has 0 atom stereocenters. The number of rotatable bonds is 4. The van der Waals surface area contributed by atoms with Crippen molar-refractivity contribution in [2.45, 2.75) is 12.8 Å². The average Bonchev–Trinajstić information content (AvgIpc) is 2.18. The van der Waals surface area contributed by atoms with Crippen molar-refractivity contribution in [3.63, 3.8) is 0 Å². The van der Waals surface area contributed by atoms with E-state index in [1.807, 2.05) is 12.2 Å². The van der Waals surface area contributed by atoms with Crippen molar-refractivity contribution in [1.82, 2.24) is 0 Å². The number of allylic oxidation sites excluding steroid dienone is 2. The first kappa shape index (κ1) is 11.5. The molecule has 0 aliphatic carbocycles. The summed E-state index contributed by atoms with van der Waals surface area (Å²) in [5.41, 5.74) is 1.00. The van der Waals surface area contributed by atoms with Crippen molar-refractivity contribution in [3.05, 3.63) is 46.8 Å². The average molecular weight is 233 g/mol. The number of benzene rings is 1. The third kappa shape index (κ3) is 3.69. The Morgan fingerprint density at radius 2 is 2.07 bits per heavy atom. The second-order valence-electron chi connectivity index (χ2n) is 2.90. The molecular weight excluding hydrogens is 222 g/mol. The molecule has 1 aromatic carbocycles. The van der Waals surface area contributed by atoms with E-state index < -0.39 is 0 Å². The minimum atomic E-state index is -0.375. The first-order chi connectivity index (χ1) is 6.74. The van der Waals surface area contributed by atoms with Crippen LogP contribution in [0.5, 0.6) is 0 Å². The normalized spacial score (nSPS) is 11.1. The minimum absolute atomic E-state index is 0.174. The van der Waals surface area contributed by atoms with Gasteiger partial charge < -0.3 is 0 Å². The SMILES string of the molecule is Fc1ccc(C/C=C/CCCl)cc1Cl. The van der Waals surface area contributed by atoms with Crippen molar-refractivity contribution in [2.24, 2.45) is 0 Å². The molecule has 14 heavy (non-hydrogen) atoms. The molecule has 1 rings (SSSR count). The maximum absolute atomic E-state index is 12.8. The zero-order valence-electron chi connectivity index (χ0n) is 7.64. The maximum atomic E-state index is 12.8. The van der Waals surface area contributed by atoms with E-state index in [0.29, 0.717) is 5.88 Å². The van der Waals surface area contributed by atoms with Crippen molar-refractivity contribution in [2.75, 3.05) is 5.88 Å². The summed E-state index contributed by atoms with van der Waals surface area (Å²) in [7, 11) is 0. The van der Waals surface area contributed by atoms with Gasteiger partial charge in [0.1, 0.15) is 5.82 Å². The van der Waals surface area contributed by atoms with E-state index in [1.54, 1.807) is 12.1 Å². The van der Waals surface area contributed by atoms with E-state index in [0.717, 1.165) is 18.4 Å². The fraction of sp³-hybridized carbons (Fsp3) is 0.273. The number of hydrogen-bond acceptors (Lipinski definition) is 0. The molecule has 0 bridgehead atoms. The zero-order valence-corrected chi connectivity index (χ0v) is 9.15. The summed E-state index contributed by atoms with van der Waals surface area (Å²) in [6.45, 7) is 0. The number of halogens is 3. The van der Waals surface area contributed by atoms with Gasteiger partial charge in [-0.1, -0.05) is 29.8 Å². The van der Waals surface area contributed by atoms with Crippen LogP contribution in [-0.2, 0) is 6.42 Å². The molecule has 3 heteroatoms. The van der Waals surface area contributed by atoms with E-state index in [-0.39, 0.29) is 10.8 Å². The lowest BCUT2D eigenvalue weighted by Crippen LogP contribution is -1.83. The molecule has 1 aromatic rings. The quantitative estimate of drug-likeness (QED) is 0.539. The Labute approximate surface area is 93.3 Å². The van der Waals surface area contributed by atoms with Gasteiger partial charge >= 0.3 is 0 Å². The van der Waals surface area contributed by atoms with Gasteiger partial charge in [0.15, 0.2) is 0 Å². The van der Waals surface area contributed by atoms with Crippen molar-refractivity contribution in [1.29, 1.82) is 0 Å². The van der Waals surface area contributed by atoms with Gasteiger partial charge in [0.2, 0.25) is 0 Å². The van der Waals surface area contributed by atoms with E-state index >= 15 is 0 Å². The fourth-order valence-electron chi connectivity index (χ4n) is 1.07. The third-order valence-corrected chi connectivity index (χ3v) is 2.29. The Morgan fingerprint density at radius 1 is 1.29 bits per heavy atom. The summed E-state index contributed by atoms with van der Waals surface area (Å²) in [6.07, 6.45) is 5.63. The van der Waals surface area contributed by atoms with Crippen LogP contribution in [0.25, 0.3) is 0 Å². The molecule has 0 N–H and O–H groups in total. The second kappa shape index (κ2) is 6.05. The Morgan fingerprint density at radius 3 is 2.71 bits per heavy atom. The molecule has 0 saturated carbocycles. The molecule has 76 valence electrons. The van der Waals surface area contributed by atoms with Gasteiger partial charge in [-0.2, -0.15) is 0 Å². The highest BCUT2D eigenvalue weighted by Gasteiger charge is 1.98. The molecule has 0 nitrogen and oxygen atoms in total. The summed E-state index contributed by atoms with van der Waals surface area (Å²) in [5.74, 6) is 0.251. The Hall–Kier alpha value is -0.530. The Kier molecular flexibility index (Phi) is 4.99. The third-order valence-electron chi connectivity index (χ3n) is 1.78. The minimum Gasteiger partial charge on any atom is -0.205 e. The van der Waals surface area contributed by atoms with Crippen LogP contribution in [0, 0.1) is 5.82 Å². The molecular formula is C11H11Cl2F. The lowest BCUT2D eigenvalue weighted by molar-refractivity contribution is 0.627. The first-order valence-electron chi connectivity index (χ1n) is 4.39. The lowest BCUT2D eigenvalue weighted by Gasteiger charge is -1.98. The summed E-state index contributed by atoms with van der Waals surface area (Å²) < 4.78 is 12.8. The van der Waals surface area contributed by atoms with Crippen LogP contribution in [0.1, 0.15) is 12.0 Å². The Balaban J connectivity index is 2.55. The van der Waals surface area contributed by atoms with E-state index in [1.165, 1.54) is 6.07 Å². The highest BCUT2D eigenvalue weighted by Crippen LogP contribution is 2.16. The molecule has 0 aliphatic heterocycles. The lowest BCUT2D eigenvalue weighted by atomic mass is 10.1. The first-order valence-corrected chi connectivity index (χ1v) is 5.30. The molecule has 0 radical (unpaired) electrons. The van der Waals surface area contributed by atoms with Gasteiger partial charge in [-0.15, -0.1) is 11.6 Å². The fourth-order valence-corrected chi connectivity index (χ4v) is 1.40. The monoisotopic (exact) mass is 232 g/mol. The van der Waals surface area contributed by atoms with Gasteiger partial charge in [0, 0.05) is 5.88 Å². The summed E-state index contributed by atoms with van der Waals surface area (Å²) in [5, 5.41) is 0.174. The predicted molar refractivity (Wildman–Crippen MR) is 59.6 cm³/mol. The summed E-state index contributed by atoms with van der Waals surface area (Å²) >= 11 is 11.1. The summed E-state index contributed by atoms with van der Waals surface area (Å²) in [6, 6.07) is 4.75. The largest absolute Gasteiger partial charge is 0.205 e. The topological polar surface area (TPSA) is 0 Å². The molecule has 0 aliphatic rings. The molecule has 0 aromatic heterocycles. The van der Waals surface area contributed by atoms with Gasteiger partial charge in [-0.05, 0) is 30.5 Å². The summed E-state index contributed by atoms with van der Waals surface area (Å²) in [4.78, 5) is 0. The van der Waals surface area contributed by atoms with E-state index in [9.17, 15) is 4.39 Å². The zero-order chi connectivity index (χ0) is 10.4.